The predicted molar refractivity (Wildman–Crippen MR) is 95.7 cm³/mol. The van der Waals surface area contributed by atoms with Crippen LogP contribution in [0, 0.1) is 20.8 Å². The summed E-state index contributed by atoms with van der Waals surface area (Å²) in [5.74, 6) is 0.195. The smallest absolute Gasteiger partial charge is 0.341 e. The maximum atomic E-state index is 12.9. The van der Waals surface area contributed by atoms with E-state index in [2.05, 4.69) is 15.5 Å². The van der Waals surface area contributed by atoms with Gasteiger partial charge in [0.05, 0.1) is 0 Å². The number of nitrogens with one attached hydrogen (secondary N) is 1. The summed E-state index contributed by atoms with van der Waals surface area (Å²) in [5, 5.41) is 15.9. The summed E-state index contributed by atoms with van der Waals surface area (Å²) in [6, 6.07) is 3.40. The van der Waals surface area contributed by atoms with Gasteiger partial charge in [0.2, 0.25) is 5.89 Å². The minimum Gasteiger partial charge on any atom is -0.481 e. The third-order valence-corrected chi connectivity index (χ3v) is 4.83. The Bertz CT molecular complexity index is 845. The molecule has 0 spiro atoms. The Labute approximate surface area is 156 Å². The van der Waals surface area contributed by atoms with Crippen molar-refractivity contribution in [3.05, 3.63) is 40.5 Å². The minimum absolute atomic E-state index is 0.227. The van der Waals surface area contributed by atoms with Crippen LogP contribution in [0.5, 0.6) is 5.75 Å². The fourth-order valence-corrected chi connectivity index (χ4v) is 3.61. The number of carbonyl (C=O) groups excluding carboxylic acids is 1. The van der Waals surface area contributed by atoms with Gasteiger partial charge in [0, 0.05) is 12.5 Å². The zero-order valence-corrected chi connectivity index (χ0v) is 15.7. The van der Waals surface area contributed by atoms with Gasteiger partial charge in [0.25, 0.3) is 5.91 Å². The second kappa shape index (κ2) is 7.38. The van der Waals surface area contributed by atoms with E-state index < -0.39 is 18.1 Å². The number of nitrogens with zero attached hydrogens (tertiary/aromatic N) is 2. The summed E-state index contributed by atoms with van der Waals surface area (Å²) in [6.45, 7) is 4.88. The third kappa shape index (κ3) is 3.94. The molecule has 1 heterocycles. The SMILES string of the molecule is Cc1nc(C2(NC(=O)c3cc(C)c(OCC(=O)O)c(C)c3)CCCC2)no1. The van der Waals surface area contributed by atoms with Crippen LogP contribution < -0.4 is 10.1 Å². The van der Waals surface area contributed by atoms with Gasteiger partial charge in [-0.1, -0.05) is 18.0 Å². The number of aliphatic carboxylic acids is 1. The third-order valence-electron chi connectivity index (χ3n) is 4.83. The number of aromatic nitrogens is 2. The molecule has 0 saturated heterocycles. The molecule has 0 atom stereocenters. The van der Waals surface area contributed by atoms with Crippen molar-refractivity contribution in [2.45, 2.75) is 52.0 Å². The van der Waals surface area contributed by atoms with E-state index in [4.69, 9.17) is 14.4 Å². The van der Waals surface area contributed by atoms with Crippen molar-refractivity contribution in [1.29, 1.82) is 0 Å². The molecule has 1 aromatic carbocycles. The number of benzene rings is 1. The summed E-state index contributed by atoms with van der Waals surface area (Å²) in [4.78, 5) is 28.0. The van der Waals surface area contributed by atoms with Crippen LogP contribution in [-0.4, -0.2) is 33.7 Å². The molecule has 2 N–H and O–H groups in total. The number of carbonyl (C=O) groups is 2. The molecule has 1 amide bonds. The van der Waals surface area contributed by atoms with E-state index in [1.807, 2.05) is 0 Å². The van der Waals surface area contributed by atoms with Crippen LogP contribution in [0.1, 0.15) is 58.9 Å². The second-order valence-corrected chi connectivity index (χ2v) is 7.00. The molecule has 2 aromatic rings. The highest BCUT2D eigenvalue weighted by Gasteiger charge is 2.41. The topological polar surface area (TPSA) is 115 Å². The summed E-state index contributed by atoms with van der Waals surface area (Å²) in [7, 11) is 0. The van der Waals surface area contributed by atoms with Gasteiger partial charge in [0.1, 0.15) is 11.3 Å². The molecule has 144 valence electrons. The molecular weight excluding hydrogens is 350 g/mol. The average molecular weight is 373 g/mol. The molecule has 1 aliphatic rings. The first kappa shape index (κ1) is 18.9. The van der Waals surface area contributed by atoms with E-state index in [1.54, 1.807) is 32.9 Å². The van der Waals surface area contributed by atoms with E-state index >= 15 is 0 Å². The molecule has 0 radical (unpaired) electrons. The first-order valence-electron chi connectivity index (χ1n) is 8.90. The van der Waals surface area contributed by atoms with Gasteiger partial charge in [0.15, 0.2) is 12.4 Å². The van der Waals surface area contributed by atoms with Gasteiger partial charge in [-0.15, -0.1) is 0 Å². The molecule has 0 bridgehead atoms. The molecule has 0 aliphatic heterocycles. The molecule has 8 heteroatoms. The Morgan fingerprint density at radius 2 is 1.85 bits per heavy atom. The van der Waals surface area contributed by atoms with E-state index in [1.165, 1.54) is 0 Å². The van der Waals surface area contributed by atoms with Crippen molar-refractivity contribution in [3.8, 4) is 5.75 Å². The van der Waals surface area contributed by atoms with Gasteiger partial charge < -0.3 is 19.7 Å². The van der Waals surface area contributed by atoms with Crippen LogP contribution in [0.25, 0.3) is 0 Å². The van der Waals surface area contributed by atoms with Crippen LogP contribution in [0.3, 0.4) is 0 Å². The Morgan fingerprint density at radius 3 is 2.37 bits per heavy atom. The van der Waals surface area contributed by atoms with Crippen LogP contribution in [0.2, 0.25) is 0 Å². The van der Waals surface area contributed by atoms with E-state index in [0.717, 1.165) is 25.7 Å². The van der Waals surface area contributed by atoms with Gasteiger partial charge in [-0.25, -0.2) is 4.79 Å². The number of rotatable bonds is 6. The largest absolute Gasteiger partial charge is 0.481 e. The molecular formula is C19H23N3O5. The van der Waals surface area contributed by atoms with Crippen molar-refractivity contribution in [3.63, 3.8) is 0 Å². The maximum absolute atomic E-state index is 12.9. The lowest BCUT2D eigenvalue weighted by Crippen LogP contribution is -2.44. The van der Waals surface area contributed by atoms with Crippen LogP contribution in [-0.2, 0) is 10.3 Å². The number of ether oxygens (including phenoxy) is 1. The van der Waals surface area contributed by atoms with Crippen LogP contribution in [0.15, 0.2) is 16.7 Å². The zero-order chi connectivity index (χ0) is 19.6. The minimum atomic E-state index is -1.05. The Kier molecular flexibility index (Phi) is 5.16. The first-order chi connectivity index (χ1) is 12.8. The summed E-state index contributed by atoms with van der Waals surface area (Å²) in [5.41, 5.74) is 1.28. The highest BCUT2D eigenvalue weighted by Crippen LogP contribution is 2.37. The predicted octanol–water partition coefficient (Wildman–Crippen LogP) is 2.66. The first-order valence-corrected chi connectivity index (χ1v) is 8.90. The standard InChI is InChI=1S/C19H23N3O5/c1-11-8-14(9-12(2)16(11)26-10-15(23)24)17(25)21-19(6-4-5-7-19)18-20-13(3)27-22-18/h8-9H,4-7,10H2,1-3H3,(H,21,25)(H,23,24). The van der Waals surface area contributed by atoms with Crippen molar-refractivity contribution in [2.75, 3.05) is 6.61 Å². The monoisotopic (exact) mass is 373 g/mol. The van der Waals surface area contributed by atoms with Gasteiger partial charge in [-0.05, 0) is 49.9 Å². The van der Waals surface area contributed by atoms with Crippen molar-refractivity contribution >= 4 is 11.9 Å². The molecule has 3 rings (SSSR count). The number of hydrogen-bond donors (Lipinski definition) is 2. The Balaban J connectivity index is 1.84. The Hall–Kier alpha value is -2.90. The van der Waals surface area contributed by atoms with Gasteiger partial charge >= 0.3 is 5.97 Å². The molecule has 8 nitrogen and oxygen atoms in total. The number of carboxylic acids is 1. The fraction of sp³-hybridized carbons (Fsp3) is 0.474. The molecule has 0 unspecified atom stereocenters. The number of carboxylic acid groups (broad SMARTS) is 1. The quantitative estimate of drug-likeness (QED) is 0.800. The second-order valence-electron chi connectivity index (χ2n) is 7.00. The fourth-order valence-electron chi connectivity index (χ4n) is 3.61. The van der Waals surface area contributed by atoms with Gasteiger partial charge in [-0.3, -0.25) is 4.79 Å². The number of amides is 1. The molecule has 27 heavy (non-hydrogen) atoms. The highest BCUT2D eigenvalue weighted by atomic mass is 16.5. The summed E-state index contributed by atoms with van der Waals surface area (Å²) in [6.07, 6.45) is 3.48. The average Bonchev–Trinajstić information content (AvgIpc) is 3.23. The molecule has 1 aliphatic carbocycles. The highest BCUT2D eigenvalue weighted by molar-refractivity contribution is 5.95. The molecule has 1 fully saturated rings. The van der Waals surface area contributed by atoms with Gasteiger partial charge in [-0.2, -0.15) is 4.98 Å². The summed E-state index contributed by atoms with van der Waals surface area (Å²) < 4.78 is 10.4. The van der Waals surface area contributed by atoms with E-state index in [0.29, 0.717) is 34.2 Å². The zero-order valence-electron chi connectivity index (χ0n) is 15.7. The molecule has 1 aromatic heterocycles. The van der Waals surface area contributed by atoms with Crippen molar-refractivity contribution < 1.29 is 24.0 Å². The van der Waals surface area contributed by atoms with Crippen LogP contribution >= 0.6 is 0 Å². The van der Waals surface area contributed by atoms with Crippen LogP contribution in [0.4, 0.5) is 0 Å². The van der Waals surface area contributed by atoms with Crippen molar-refractivity contribution in [1.82, 2.24) is 15.5 Å². The van der Waals surface area contributed by atoms with Crippen molar-refractivity contribution in [2.24, 2.45) is 0 Å². The lowest BCUT2D eigenvalue weighted by molar-refractivity contribution is -0.139. The summed E-state index contributed by atoms with van der Waals surface area (Å²) >= 11 is 0. The lowest BCUT2D eigenvalue weighted by atomic mass is 9.95. The number of aryl methyl sites for hydroxylation is 3. The number of hydrogen-bond acceptors (Lipinski definition) is 6. The maximum Gasteiger partial charge on any atom is 0.341 e. The van der Waals surface area contributed by atoms with E-state index in [9.17, 15) is 9.59 Å². The Morgan fingerprint density at radius 1 is 1.22 bits per heavy atom. The van der Waals surface area contributed by atoms with E-state index in [-0.39, 0.29) is 5.91 Å². The normalized spacial score (nSPS) is 15.5. The molecule has 1 saturated carbocycles. The lowest BCUT2D eigenvalue weighted by Gasteiger charge is -2.27.